The monoisotopic (exact) mass is 425 g/mol. The summed E-state index contributed by atoms with van der Waals surface area (Å²) in [4.78, 5) is 17.9. The third kappa shape index (κ3) is 3.77. The van der Waals surface area contributed by atoms with E-state index in [0.29, 0.717) is 5.75 Å². The van der Waals surface area contributed by atoms with E-state index in [4.69, 9.17) is 4.74 Å². The SMILES string of the molecule is CC(C)(C)c1ccc(-c2ncccc2OC(=O)C23CC4CC(CC(C4)C2)C3)cc1.Cl. The maximum atomic E-state index is 13.4. The van der Waals surface area contributed by atoms with Gasteiger partial charge in [0.1, 0.15) is 5.69 Å². The Bertz CT molecular complexity index is 894. The molecule has 0 spiro atoms. The van der Waals surface area contributed by atoms with Crippen molar-refractivity contribution in [2.75, 3.05) is 0 Å². The molecule has 0 atom stereocenters. The fourth-order valence-corrected chi connectivity index (χ4v) is 6.39. The third-order valence-electron chi connectivity index (χ3n) is 7.47. The van der Waals surface area contributed by atoms with Crippen LogP contribution in [0.25, 0.3) is 11.3 Å². The minimum Gasteiger partial charge on any atom is -0.424 e. The number of halogens is 1. The molecule has 4 aliphatic rings. The minimum atomic E-state index is -0.252. The second kappa shape index (κ2) is 7.67. The van der Waals surface area contributed by atoms with Crippen LogP contribution in [0.3, 0.4) is 0 Å². The molecule has 6 rings (SSSR count). The molecule has 0 amide bonds. The van der Waals surface area contributed by atoms with Gasteiger partial charge in [-0.2, -0.15) is 0 Å². The summed E-state index contributed by atoms with van der Waals surface area (Å²) in [5.74, 6) is 2.76. The molecule has 1 heterocycles. The molecule has 3 nitrogen and oxygen atoms in total. The van der Waals surface area contributed by atoms with Crippen LogP contribution in [0.1, 0.15) is 64.9 Å². The molecule has 4 aliphatic carbocycles. The van der Waals surface area contributed by atoms with E-state index < -0.39 is 0 Å². The van der Waals surface area contributed by atoms with Gasteiger partial charge in [0.25, 0.3) is 0 Å². The first kappa shape index (κ1) is 21.4. The lowest BCUT2D eigenvalue weighted by molar-refractivity contribution is -0.161. The Morgan fingerprint density at radius 2 is 1.53 bits per heavy atom. The molecule has 30 heavy (non-hydrogen) atoms. The zero-order valence-corrected chi connectivity index (χ0v) is 19.0. The average Bonchev–Trinajstić information content (AvgIpc) is 2.67. The normalized spacial score (nSPS) is 29.4. The zero-order chi connectivity index (χ0) is 20.2. The average molecular weight is 426 g/mol. The highest BCUT2D eigenvalue weighted by Crippen LogP contribution is 2.60. The lowest BCUT2D eigenvalue weighted by Crippen LogP contribution is -2.51. The van der Waals surface area contributed by atoms with Crippen LogP contribution in [-0.4, -0.2) is 11.0 Å². The number of ether oxygens (including phenoxy) is 1. The van der Waals surface area contributed by atoms with E-state index in [-0.39, 0.29) is 29.2 Å². The summed E-state index contributed by atoms with van der Waals surface area (Å²) < 4.78 is 6.08. The van der Waals surface area contributed by atoms with Crippen LogP contribution in [0.15, 0.2) is 42.6 Å². The Kier molecular flexibility index (Phi) is 5.47. The molecule has 4 bridgehead atoms. The number of pyridine rings is 1. The van der Waals surface area contributed by atoms with Crippen LogP contribution in [0.4, 0.5) is 0 Å². The standard InChI is InChI=1S/C26H31NO2.ClH/c1-25(2,3)21-8-6-20(7-9-21)23-22(5-4-10-27-23)29-24(28)26-14-17-11-18(15-26)13-19(12-17)16-26;/h4-10,17-19H,11-16H2,1-3H3;1H. The van der Waals surface area contributed by atoms with E-state index in [0.717, 1.165) is 48.3 Å². The second-order valence-electron chi connectivity index (χ2n) is 10.8. The fraction of sp³-hybridized carbons (Fsp3) is 0.538. The van der Waals surface area contributed by atoms with Crippen molar-refractivity contribution in [2.45, 2.75) is 64.7 Å². The van der Waals surface area contributed by atoms with Crippen LogP contribution in [0, 0.1) is 23.2 Å². The minimum absolute atomic E-state index is 0. The van der Waals surface area contributed by atoms with Crippen LogP contribution in [0.2, 0.25) is 0 Å². The maximum Gasteiger partial charge on any atom is 0.317 e. The van der Waals surface area contributed by atoms with E-state index in [2.05, 4.69) is 50.0 Å². The van der Waals surface area contributed by atoms with E-state index >= 15 is 0 Å². The van der Waals surface area contributed by atoms with Crippen LogP contribution < -0.4 is 4.74 Å². The molecule has 0 N–H and O–H groups in total. The van der Waals surface area contributed by atoms with Crippen LogP contribution in [-0.2, 0) is 10.2 Å². The molecule has 1 aromatic carbocycles. The first-order valence-electron chi connectivity index (χ1n) is 11.1. The molecule has 0 unspecified atom stereocenters. The molecule has 4 fully saturated rings. The molecule has 4 heteroatoms. The molecule has 160 valence electrons. The summed E-state index contributed by atoms with van der Waals surface area (Å²) in [7, 11) is 0. The quantitative estimate of drug-likeness (QED) is 0.520. The first-order chi connectivity index (χ1) is 13.8. The predicted octanol–water partition coefficient (Wildman–Crippen LogP) is 6.59. The summed E-state index contributed by atoms with van der Waals surface area (Å²) in [6.07, 6.45) is 8.81. The van der Waals surface area contributed by atoms with Gasteiger partial charge in [-0.25, -0.2) is 0 Å². The number of hydrogen-bond donors (Lipinski definition) is 0. The Hall–Kier alpha value is -1.87. The molecule has 0 saturated heterocycles. The van der Waals surface area contributed by atoms with Crippen molar-refractivity contribution in [3.8, 4) is 17.0 Å². The van der Waals surface area contributed by atoms with Gasteiger partial charge in [0, 0.05) is 11.8 Å². The number of benzene rings is 1. The van der Waals surface area contributed by atoms with Gasteiger partial charge < -0.3 is 4.74 Å². The van der Waals surface area contributed by atoms with Gasteiger partial charge in [-0.05, 0) is 79.4 Å². The zero-order valence-electron chi connectivity index (χ0n) is 18.2. The van der Waals surface area contributed by atoms with Crippen molar-refractivity contribution < 1.29 is 9.53 Å². The van der Waals surface area contributed by atoms with E-state index in [9.17, 15) is 4.79 Å². The molecular formula is C26H32ClNO2. The van der Waals surface area contributed by atoms with E-state index in [1.165, 1.54) is 24.8 Å². The number of nitrogens with zero attached hydrogens (tertiary/aromatic N) is 1. The maximum absolute atomic E-state index is 13.4. The Morgan fingerprint density at radius 3 is 2.07 bits per heavy atom. The predicted molar refractivity (Wildman–Crippen MR) is 122 cm³/mol. The van der Waals surface area contributed by atoms with Gasteiger partial charge in [-0.3, -0.25) is 9.78 Å². The van der Waals surface area contributed by atoms with Crippen molar-refractivity contribution in [1.29, 1.82) is 0 Å². The Labute approximate surface area is 186 Å². The Balaban J connectivity index is 0.00000218. The summed E-state index contributed by atoms with van der Waals surface area (Å²) in [6.45, 7) is 6.63. The summed E-state index contributed by atoms with van der Waals surface area (Å²) >= 11 is 0. The second-order valence-corrected chi connectivity index (χ2v) is 10.8. The highest BCUT2D eigenvalue weighted by molar-refractivity contribution is 5.85. The number of hydrogen-bond acceptors (Lipinski definition) is 3. The highest BCUT2D eigenvalue weighted by atomic mass is 35.5. The molecule has 2 aromatic rings. The van der Waals surface area contributed by atoms with Crippen molar-refractivity contribution >= 4 is 18.4 Å². The lowest BCUT2D eigenvalue weighted by Gasteiger charge is -2.55. The lowest BCUT2D eigenvalue weighted by atomic mass is 9.49. The van der Waals surface area contributed by atoms with Gasteiger partial charge in [0.05, 0.1) is 5.41 Å². The van der Waals surface area contributed by atoms with Crippen molar-refractivity contribution in [2.24, 2.45) is 23.2 Å². The molecule has 1 aromatic heterocycles. The van der Waals surface area contributed by atoms with Crippen molar-refractivity contribution in [3.05, 3.63) is 48.2 Å². The summed E-state index contributed by atoms with van der Waals surface area (Å²) in [5.41, 5.74) is 2.89. The van der Waals surface area contributed by atoms with E-state index in [1.54, 1.807) is 6.20 Å². The fourth-order valence-electron chi connectivity index (χ4n) is 6.39. The largest absolute Gasteiger partial charge is 0.424 e. The van der Waals surface area contributed by atoms with E-state index in [1.807, 2.05) is 12.1 Å². The van der Waals surface area contributed by atoms with Crippen molar-refractivity contribution in [1.82, 2.24) is 4.98 Å². The summed E-state index contributed by atoms with van der Waals surface area (Å²) in [6, 6.07) is 12.2. The van der Waals surface area contributed by atoms with Gasteiger partial charge >= 0.3 is 5.97 Å². The highest BCUT2D eigenvalue weighted by Gasteiger charge is 2.55. The van der Waals surface area contributed by atoms with Gasteiger partial charge in [-0.1, -0.05) is 45.0 Å². The van der Waals surface area contributed by atoms with Gasteiger partial charge in [0.2, 0.25) is 0 Å². The summed E-state index contributed by atoms with van der Waals surface area (Å²) in [5, 5.41) is 0. The number of carbonyl (C=O) groups is 1. The molecular weight excluding hydrogens is 394 g/mol. The number of carbonyl (C=O) groups excluding carboxylic acids is 1. The number of esters is 1. The third-order valence-corrected chi connectivity index (χ3v) is 7.47. The van der Waals surface area contributed by atoms with Gasteiger partial charge in [0.15, 0.2) is 5.75 Å². The Morgan fingerprint density at radius 1 is 0.967 bits per heavy atom. The molecule has 0 aliphatic heterocycles. The number of aromatic nitrogens is 1. The van der Waals surface area contributed by atoms with Crippen molar-refractivity contribution in [3.63, 3.8) is 0 Å². The molecule has 4 saturated carbocycles. The van der Waals surface area contributed by atoms with Crippen LogP contribution >= 0.6 is 12.4 Å². The van der Waals surface area contributed by atoms with Crippen LogP contribution in [0.5, 0.6) is 5.75 Å². The van der Waals surface area contributed by atoms with Gasteiger partial charge in [-0.15, -0.1) is 12.4 Å². The smallest absolute Gasteiger partial charge is 0.317 e. The first-order valence-corrected chi connectivity index (χ1v) is 11.1. The molecule has 0 radical (unpaired) electrons. The number of rotatable bonds is 3. The topological polar surface area (TPSA) is 39.2 Å².